The van der Waals surface area contributed by atoms with Crippen LogP contribution in [0.3, 0.4) is 0 Å². The molecule has 0 bridgehead atoms. The minimum atomic E-state index is 0.00462. The van der Waals surface area contributed by atoms with Crippen molar-refractivity contribution in [2.45, 2.75) is 0 Å². The molecule has 0 aliphatic carbocycles. The monoisotopic (exact) mass is 418 g/mol. The van der Waals surface area contributed by atoms with Gasteiger partial charge in [-0.1, -0.05) is 35.9 Å². The van der Waals surface area contributed by atoms with E-state index in [-0.39, 0.29) is 5.91 Å². The molecule has 1 aliphatic rings. The number of ether oxygens (including phenoxy) is 3. The second-order valence-electron chi connectivity index (χ2n) is 6.75. The topological polar surface area (TPSA) is 51.2 Å². The van der Waals surface area contributed by atoms with Crippen LogP contribution in [0.5, 0.6) is 11.5 Å². The van der Waals surface area contributed by atoms with Crippen molar-refractivity contribution in [1.29, 1.82) is 0 Å². The van der Waals surface area contributed by atoms with E-state index in [0.29, 0.717) is 55.0 Å². The van der Waals surface area contributed by atoms with Gasteiger partial charge in [0.25, 0.3) is 5.91 Å². The van der Waals surface area contributed by atoms with Crippen LogP contribution in [0.25, 0.3) is 0 Å². The van der Waals surface area contributed by atoms with Gasteiger partial charge in [0.2, 0.25) is 0 Å². The predicted molar refractivity (Wildman–Crippen MR) is 113 cm³/mol. The molecule has 1 fully saturated rings. The number of amides is 1. The van der Waals surface area contributed by atoms with E-state index in [1.165, 1.54) is 0 Å². The SMILES string of the molecule is COCCOc1ccccc1C(=O)N1CCN(CCOc2ccccc2Cl)CC1. The zero-order valence-electron chi connectivity index (χ0n) is 16.7. The summed E-state index contributed by atoms with van der Waals surface area (Å²) in [5.41, 5.74) is 0.596. The zero-order chi connectivity index (χ0) is 20.5. The van der Waals surface area contributed by atoms with Crippen molar-refractivity contribution in [2.24, 2.45) is 0 Å². The van der Waals surface area contributed by atoms with Gasteiger partial charge in [0.15, 0.2) is 0 Å². The lowest BCUT2D eigenvalue weighted by Gasteiger charge is -2.34. The Kier molecular flexibility index (Phi) is 8.16. The van der Waals surface area contributed by atoms with Crippen LogP contribution in [0.15, 0.2) is 48.5 Å². The molecule has 156 valence electrons. The van der Waals surface area contributed by atoms with Gasteiger partial charge in [-0.2, -0.15) is 0 Å². The van der Waals surface area contributed by atoms with Crippen molar-refractivity contribution in [3.05, 3.63) is 59.1 Å². The zero-order valence-corrected chi connectivity index (χ0v) is 17.4. The van der Waals surface area contributed by atoms with E-state index in [4.69, 9.17) is 25.8 Å². The number of para-hydroxylation sites is 2. The molecule has 3 rings (SSSR count). The first-order chi connectivity index (χ1) is 14.2. The number of methoxy groups -OCH3 is 1. The largest absolute Gasteiger partial charge is 0.491 e. The summed E-state index contributed by atoms with van der Waals surface area (Å²) in [6, 6.07) is 14.8. The molecule has 2 aromatic carbocycles. The Balaban J connectivity index is 1.47. The van der Waals surface area contributed by atoms with Crippen LogP contribution < -0.4 is 9.47 Å². The minimum absolute atomic E-state index is 0.00462. The lowest BCUT2D eigenvalue weighted by molar-refractivity contribution is 0.0614. The average molecular weight is 419 g/mol. The van der Waals surface area contributed by atoms with Crippen molar-refractivity contribution in [3.63, 3.8) is 0 Å². The normalized spacial score (nSPS) is 14.6. The molecule has 7 heteroatoms. The van der Waals surface area contributed by atoms with Gasteiger partial charge in [-0.3, -0.25) is 9.69 Å². The molecule has 0 unspecified atom stereocenters. The van der Waals surface area contributed by atoms with Crippen molar-refractivity contribution in [2.75, 3.05) is 59.7 Å². The van der Waals surface area contributed by atoms with Crippen molar-refractivity contribution in [1.82, 2.24) is 9.80 Å². The Morgan fingerprint density at radius 2 is 1.55 bits per heavy atom. The molecule has 29 heavy (non-hydrogen) atoms. The number of carbonyl (C=O) groups is 1. The molecular weight excluding hydrogens is 392 g/mol. The van der Waals surface area contributed by atoms with E-state index in [2.05, 4.69) is 4.90 Å². The molecule has 1 amide bonds. The average Bonchev–Trinajstić information content (AvgIpc) is 2.76. The molecule has 0 N–H and O–H groups in total. The molecule has 1 heterocycles. The second kappa shape index (κ2) is 11.0. The standard InChI is InChI=1S/C22H27ClN2O4/c1-27-16-17-29-20-8-4-2-6-18(20)22(26)25-12-10-24(11-13-25)14-15-28-21-9-5-3-7-19(21)23/h2-9H,10-17H2,1H3. The van der Waals surface area contributed by atoms with Crippen LogP contribution in [-0.2, 0) is 4.74 Å². The van der Waals surface area contributed by atoms with Crippen molar-refractivity contribution in [3.8, 4) is 11.5 Å². The third-order valence-electron chi connectivity index (χ3n) is 4.82. The van der Waals surface area contributed by atoms with E-state index in [0.717, 1.165) is 19.6 Å². The number of nitrogens with zero attached hydrogens (tertiary/aromatic N) is 2. The summed E-state index contributed by atoms with van der Waals surface area (Å²) >= 11 is 6.11. The van der Waals surface area contributed by atoms with Gasteiger partial charge in [-0.25, -0.2) is 0 Å². The first-order valence-electron chi connectivity index (χ1n) is 9.79. The molecule has 2 aromatic rings. The molecule has 0 spiro atoms. The summed E-state index contributed by atoms with van der Waals surface area (Å²) in [6.07, 6.45) is 0. The molecule has 1 aliphatic heterocycles. The van der Waals surface area contributed by atoms with Gasteiger partial charge >= 0.3 is 0 Å². The van der Waals surface area contributed by atoms with Crippen LogP contribution in [0, 0.1) is 0 Å². The fraction of sp³-hybridized carbons (Fsp3) is 0.409. The van der Waals surface area contributed by atoms with E-state index in [9.17, 15) is 4.79 Å². The van der Waals surface area contributed by atoms with E-state index in [1.54, 1.807) is 7.11 Å². The number of halogens is 1. The van der Waals surface area contributed by atoms with Gasteiger partial charge in [0.1, 0.15) is 24.7 Å². The number of carbonyl (C=O) groups excluding carboxylic acids is 1. The maximum Gasteiger partial charge on any atom is 0.257 e. The lowest BCUT2D eigenvalue weighted by atomic mass is 10.1. The summed E-state index contributed by atoms with van der Waals surface area (Å²) in [6.45, 7) is 5.23. The molecule has 1 saturated heterocycles. The Bertz CT molecular complexity index is 794. The van der Waals surface area contributed by atoms with Crippen LogP contribution in [0.2, 0.25) is 5.02 Å². The number of rotatable bonds is 9. The number of hydrogen-bond donors (Lipinski definition) is 0. The Morgan fingerprint density at radius 1 is 0.897 bits per heavy atom. The molecule has 0 radical (unpaired) electrons. The predicted octanol–water partition coefficient (Wildman–Crippen LogP) is 3.20. The highest BCUT2D eigenvalue weighted by molar-refractivity contribution is 6.32. The summed E-state index contributed by atoms with van der Waals surface area (Å²) in [5.74, 6) is 1.31. The highest BCUT2D eigenvalue weighted by Gasteiger charge is 2.24. The molecule has 0 atom stereocenters. The maximum atomic E-state index is 13.0. The Hall–Kier alpha value is -2.28. The van der Waals surface area contributed by atoms with Gasteiger partial charge < -0.3 is 19.1 Å². The Labute approximate surface area is 176 Å². The summed E-state index contributed by atoms with van der Waals surface area (Å²) in [4.78, 5) is 17.1. The first-order valence-corrected chi connectivity index (χ1v) is 10.2. The highest BCUT2D eigenvalue weighted by Crippen LogP contribution is 2.23. The van der Waals surface area contributed by atoms with Gasteiger partial charge in [0, 0.05) is 39.8 Å². The molecular formula is C22H27ClN2O4. The second-order valence-corrected chi connectivity index (χ2v) is 7.16. The summed E-state index contributed by atoms with van der Waals surface area (Å²) in [7, 11) is 1.62. The molecule has 0 aromatic heterocycles. The number of benzene rings is 2. The van der Waals surface area contributed by atoms with E-state index < -0.39 is 0 Å². The van der Waals surface area contributed by atoms with Crippen LogP contribution in [0.4, 0.5) is 0 Å². The van der Waals surface area contributed by atoms with E-state index >= 15 is 0 Å². The first kappa shape index (κ1) is 21.4. The molecule has 6 nitrogen and oxygen atoms in total. The van der Waals surface area contributed by atoms with E-state index in [1.807, 2.05) is 53.4 Å². The smallest absolute Gasteiger partial charge is 0.257 e. The fourth-order valence-electron chi connectivity index (χ4n) is 3.20. The van der Waals surface area contributed by atoms with Crippen LogP contribution >= 0.6 is 11.6 Å². The molecule has 0 saturated carbocycles. The quantitative estimate of drug-likeness (QED) is 0.585. The van der Waals surface area contributed by atoms with Crippen LogP contribution in [0.1, 0.15) is 10.4 Å². The Morgan fingerprint density at radius 3 is 2.28 bits per heavy atom. The van der Waals surface area contributed by atoms with Crippen molar-refractivity contribution < 1.29 is 19.0 Å². The van der Waals surface area contributed by atoms with Gasteiger partial charge in [-0.05, 0) is 24.3 Å². The van der Waals surface area contributed by atoms with Crippen molar-refractivity contribution >= 4 is 17.5 Å². The third kappa shape index (κ3) is 6.10. The van der Waals surface area contributed by atoms with Crippen LogP contribution in [-0.4, -0.2) is 75.4 Å². The third-order valence-corrected chi connectivity index (χ3v) is 5.14. The maximum absolute atomic E-state index is 13.0. The number of piperazine rings is 1. The summed E-state index contributed by atoms with van der Waals surface area (Å²) in [5, 5.41) is 0.620. The lowest BCUT2D eigenvalue weighted by Crippen LogP contribution is -2.49. The highest BCUT2D eigenvalue weighted by atomic mass is 35.5. The summed E-state index contributed by atoms with van der Waals surface area (Å²) < 4.78 is 16.5. The van der Waals surface area contributed by atoms with Gasteiger partial charge in [0.05, 0.1) is 17.2 Å². The fourth-order valence-corrected chi connectivity index (χ4v) is 3.39. The minimum Gasteiger partial charge on any atom is -0.491 e. The van der Waals surface area contributed by atoms with Gasteiger partial charge in [-0.15, -0.1) is 0 Å². The number of hydrogen-bond acceptors (Lipinski definition) is 5.